The van der Waals surface area contributed by atoms with Gasteiger partial charge in [-0.05, 0) is 38.5 Å². The zero-order chi connectivity index (χ0) is 12.9. The quantitative estimate of drug-likeness (QED) is 0.928. The fourth-order valence-corrected chi connectivity index (χ4v) is 1.63. The summed E-state index contributed by atoms with van der Waals surface area (Å²) in [6, 6.07) is 7.84. The molecule has 0 aliphatic rings. The number of carbonyl (C=O) groups is 1. The minimum Gasteiger partial charge on any atom is -0.366 e. The molecule has 0 saturated carbocycles. The van der Waals surface area contributed by atoms with Crippen LogP contribution in [-0.4, -0.2) is 18.1 Å². The molecular weight excluding hydrogens is 282 g/mol. The molecule has 0 unspecified atom stereocenters. The Morgan fingerprint density at radius 1 is 1.41 bits per heavy atom. The van der Waals surface area contributed by atoms with E-state index in [9.17, 15) is 4.79 Å². The Morgan fingerprint density at radius 2 is 2.12 bits per heavy atom. The molecule has 1 aromatic carbocycles. The van der Waals surface area contributed by atoms with Crippen LogP contribution in [-0.2, 0) is 16.1 Å². The molecule has 0 spiro atoms. The van der Waals surface area contributed by atoms with Crippen LogP contribution in [0.3, 0.4) is 0 Å². The number of amides is 1. The second kappa shape index (κ2) is 6.17. The topological polar surface area (TPSA) is 38.3 Å². The van der Waals surface area contributed by atoms with Gasteiger partial charge in [0.2, 0.25) is 5.91 Å². The number of hydrogen-bond donors (Lipinski definition) is 1. The normalized spacial score (nSPS) is 11.3. The Balaban J connectivity index is 2.33. The van der Waals surface area contributed by atoms with Crippen LogP contribution < -0.4 is 5.32 Å². The van der Waals surface area contributed by atoms with Crippen LogP contribution in [0, 0.1) is 0 Å². The number of halogens is 1. The first kappa shape index (κ1) is 14.2. The standard InChI is InChI=1S/C13H18BrNO2/c1-13(2,3)17-9-12(16)15-8-10-5-4-6-11(14)7-10/h4-7H,8-9H2,1-3H3,(H,15,16). The average molecular weight is 300 g/mol. The van der Waals surface area contributed by atoms with E-state index in [-0.39, 0.29) is 18.1 Å². The van der Waals surface area contributed by atoms with Crippen LogP contribution in [0.25, 0.3) is 0 Å². The van der Waals surface area contributed by atoms with Crippen molar-refractivity contribution in [2.45, 2.75) is 32.9 Å². The van der Waals surface area contributed by atoms with Crippen molar-refractivity contribution in [1.82, 2.24) is 5.32 Å². The average Bonchev–Trinajstić information content (AvgIpc) is 2.23. The second-order valence-corrected chi connectivity index (χ2v) is 5.72. The first-order valence-electron chi connectivity index (χ1n) is 5.52. The van der Waals surface area contributed by atoms with Crippen LogP contribution in [0.1, 0.15) is 26.3 Å². The van der Waals surface area contributed by atoms with Crippen molar-refractivity contribution >= 4 is 21.8 Å². The summed E-state index contributed by atoms with van der Waals surface area (Å²) in [6.45, 7) is 6.39. The summed E-state index contributed by atoms with van der Waals surface area (Å²) >= 11 is 3.39. The lowest BCUT2D eigenvalue weighted by Gasteiger charge is -2.18. The van der Waals surface area contributed by atoms with E-state index in [1.165, 1.54) is 0 Å². The van der Waals surface area contributed by atoms with Crippen LogP contribution in [0.2, 0.25) is 0 Å². The third-order valence-electron chi connectivity index (χ3n) is 2.01. The molecule has 0 saturated heterocycles. The van der Waals surface area contributed by atoms with Gasteiger partial charge in [0, 0.05) is 11.0 Å². The van der Waals surface area contributed by atoms with Crippen LogP contribution in [0.5, 0.6) is 0 Å². The molecule has 0 aliphatic heterocycles. The van der Waals surface area contributed by atoms with E-state index >= 15 is 0 Å². The van der Waals surface area contributed by atoms with Crippen LogP contribution >= 0.6 is 15.9 Å². The van der Waals surface area contributed by atoms with E-state index in [0.29, 0.717) is 6.54 Å². The highest BCUT2D eigenvalue weighted by Crippen LogP contribution is 2.11. The Kier molecular flexibility index (Phi) is 5.15. The van der Waals surface area contributed by atoms with Crippen molar-refractivity contribution in [1.29, 1.82) is 0 Å². The molecule has 0 aliphatic carbocycles. The number of benzene rings is 1. The van der Waals surface area contributed by atoms with Crippen LogP contribution in [0.4, 0.5) is 0 Å². The Bertz CT molecular complexity index is 385. The van der Waals surface area contributed by atoms with Gasteiger partial charge in [0.1, 0.15) is 6.61 Å². The molecule has 0 bridgehead atoms. The van der Waals surface area contributed by atoms with Crippen molar-refractivity contribution in [2.24, 2.45) is 0 Å². The first-order valence-corrected chi connectivity index (χ1v) is 6.31. The van der Waals surface area contributed by atoms with Crippen molar-refractivity contribution < 1.29 is 9.53 Å². The van der Waals surface area contributed by atoms with E-state index in [4.69, 9.17) is 4.74 Å². The zero-order valence-corrected chi connectivity index (χ0v) is 12.0. The molecule has 1 amide bonds. The van der Waals surface area contributed by atoms with E-state index in [1.807, 2.05) is 45.0 Å². The largest absolute Gasteiger partial charge is 0.366 e. The molecule has 0 atom stereocenters. The maximum Gasteiger partial charge on any atom is 0.246 e. The molecular formula is C13H18BrNO2. The van der Waals surface area contributed by atoms with E-state index in [2.05, 4.69) is 21.2 Å². The molecule has 94 valence electrons. The predicted molar refractivity (Wildman–Crippen MR) is 71.7 cm³/mol. The summed E-state index contributed by atoms with van der Waals surface area (Å²) in [6.07, 6.45) is 0. The summed E-state index contributed by atoms with van der Waals surface area (Å²) in [5, 5.41) is 2.81. The van der Waals surface area contributed by atoms with E-state index in [1.54, 1.807) is 0 Å². The van der Waals surface area contributed by atoms with Gasteiger partial charge < -0.3 is 10.1 Å². The lowest BCUT2D eigenvalue weighted by atomic mass is 10.2. The molecule has 0 aromatic heterocycles. The fraction of sp³-hybridized carbons (Fsp3) is 0.462. The summed E-state index contributed by atoms with van der Waals surface area (Å²) in [7, 11) is 0. The lowest BCUT2D eigenvalue weighted by molar-refractivity contribution is -0.130. The Hall–Kier alpha value is -0.870. The monoisotopic (exact) mass is 299 g/mol. The maximum atomic E-state index is 11.5. The molecule has 1 rings (SSSR count). The summed E-state index contributed by atoms with van der Waals surface area (Å²) in [5.74, 6) is -0.0973. The van der Waals surface area contributed by atoms with E-state index < -0.39 is 0 Å². The van der Waals surface area contributed by atoms with Gasteiger partial charge in [0.25, 0.3) is 0 Å². The SMILES string of the molecule is CC(C)(C)OCC(=O)NCc1cccc(Br)c1. The summed E-state index contributed by atoms with van der Waals surface area (Å²) in [5.41, 5.74) is 0.774. The minimum atomic E-state index is -0.285. The fourth-order valence-electron chi connectivity index (χ4n) is 1.18. The first-order chi connectivity index (χ1) is 7.87. The van der Waals surface area contributed by atoms with Gasteiger partial charge in [0.15, 0.2) is 0 Å². The Labute approximate surface area is 111 Å². The van der Waals surface area contributed by atoms with Crippen molar-refractivity contribution in [3.05, 3.63) is 34.3 Å². The Morgan fingerprint density at radius 3 is 2.71 bits per heavy atom. The van der Waals surface area contributed by atoms with Gasteiger partial charge in [-0.3, -0.25) is 4.79 Å². The van der Waals surface area contributed by atoms with Gasteiger partial charge in [-0.2, -0.15) is 0 Å². The number of carbonyl (C=O) groups excluding carboxylic acids is 1. The van der Waals surface area contributed by atoms with Crippen molar-refractivity contribution in [3.8, 4) is 0 Å². The molecule has 1 aromatic rings. The van der Waals surface area contributed by atoms with Crippen molar-refractivity contribution in [3.63, 3.8) is 0 Å². The second-order valence-electron chi connectivity index (χ2n) is 4.81. The maximum absolute atomic E-state index is 11.5. The summed E-state index contributed by atoms with van der Waals surface area (Å²) in [4.78, 5) is 11.5. The highest BCUT2D eigenvalue weighted by Gasteiger charge is 2.12. The molecule has 17 heavy (non-hydrogen) atoms. The zero-order valence-electron chi connectivity index (χ0n) is 10.4. The third-order valence-corrected chi connectivity index (χ3v) is 2.51. The van der Waals surface area contributed by atoms with Gasteiger partial charge >= 0.3 is 0 Å². The highest BCUT2D eigenvalue weighted by molar-refractivity contribution is 9.10. The molecule has 3 nitrogen and oxygen atoms in total. The molecule has 1 N–H and O–H groups in total. The molecule has 4 heteroatoms. The molecule has 0 radical (unpaired) electrons. The summed E-state index contributed by atoms with van der Waals surface area (Å²) < 4.78 is 6.39. The number of rotatable bonds is 4. The predicted octanol–water partition coefficient (Wildman–Crippen LogP) is 2.88. The lowest BCUT2D eigenvalue weighted by Crippen LogP contribution is -2.31. The minimum absolute atomic E-state index is 0.0947. The van der Waals surface area contributed by atoms with Gasteiger partial charge in [0.05, 0.1) is 5.60 Å². The van der Waals surface area contributed by atoms with Crippen LogP contribution in [0.15, 0.2) is 28.7 Å². The van der Waals surface area contributed by atoms with Gasteiger partial charge in [-0.25, -0.2) is 0 Å². The number of ether oxygens (including phenoxy) is 1. The third kappa shape index (κ3) is 6.44. The smallest absolute Gasteiger partial charge is 0.246 e. The van der Waals surface area contributed by atoms with Crippen molar-refractivity contribution in [2.75, 3.05) is 6.61 Å². The van der Waals surface area contributed by atoms with E-state index in [0.717, 1.165) is 10.0 Å². The van der Waals surface area contributed by atoms with Gasteiger partial charge in [-0.1, -0.05) is 28.1 Å². The number of hydrogen-bond acceptors (Lipinski definition) is 2. The molecule has 0 heterocycles. The number of nitrogens with one attached hydrogen (secondary N) is 1. The van der Waals surface area contributed by atoms with Gasteiger partial charge in [-0.15, -0.1) is 0 Å². The highest BCUT2D eigenvalue weighted by atomic mass is 79.9. The molecule has 0 fully saturated rings.